The number of hydrogen-bond donors (Lipinski definition) is 1. The maximum Gasteiger partial charge on any atom is 0.345 e. The second-order valence-corrected chi connectivity index (χ2v) is 8.24. The van der Waals surface area contributed by atoms with Crippen molar-refractivity contribution in [3.05, 3.63) is 70.4 Å². The highest BCUT2D eigenvalue weighted by molar-refractivity contribution is 5.94. The number of rotatable bonds is 12. The molecule has 1 aromatic heterocycles. The maximum atomic E-state index is 12.7. The summed E-state index contributed by atoms with van der Waals surface area (Å²) in [5.41, 5.74) is 0.424. The van der Waals surface area contributed by atoms with E-state index in [2.05, 4.69) is 10.4 Å². The van der Waals surface area contributed by atoms with Gasteiger partial charge in [-0.25, -0.2) is 9.48 Å². The summed E-state index contributed by atoms with van der Waals surface area (Å²) < 4.78 is 20.4. The molecule has 35 heavy (non-hydrogen) atoms. The Balaban J connectivity index is 1.26. The Hall–Kier alpha value is -3.75. The lowest BCUT2D eigenvalue weighted by Crippen LogP contribution is -2.29. The molecule has 0 unspecified atom stereocenters. The number of carbonyl (C=O) groups is 1. The summed E-state index contributed by atoms with van der Waals surface area (Å²) in [6.07, 6.45) is 3.55. The highest BCUT2D eigenvalue weighted by Gasteiger charge is 2.16. The number of para-hydroxylation sites is 1. The lowest BCUT2D eigenvalue weighted by atomic mass is 10.2. The Labute approximate surface area is 204 Å². The zero-order chi connectivity index (χ0) is 24.5. The summed E-state index contributed by atoms with van der Waals surface area (Å²) in [5, 5.41) is 7.33. The number of nitrogens with one attached hydrogen (secondary N) is 1. The second-order valence-electron chi connectivity index (χ2n) is 8.24. The predicted octanol–water partition coefficient (Wildman–Crippen LogP) is 3.06. The monoisotopic (exact) mass is 480 g/mol. The molecule has 1 N–H and O–H groups in total. The average molecular weight is 481 g/mol. The van der Waals surface area contributed by atoms with E-state index in [1.165, 1.54) is 4.68 Å². The van der Waals surface area contributed by atoms with Gasteiger partial charge in [-0.1, -0.05) is 18.2 Å². The van der Waals surface area contributed by atoms with Gasteiger partial charge in [0.15, 0.2) is 11.5 Å². The van der Waals surface area contributed by atoms with E-state index < -0.39 is 0 Å². The first kappa shape index (κ1) is 24.4. The molecule has 1 aliphatic rings. The summed E-state index contributed by atoms with van der Waals surface area (Å²) >= 11 is 0. The zero-order valence-electron chi connectivity index (χ0n) is 20.1. The van der Waals surface area contributed by atoms with Gasteiger partial charge in [-0.2, -0.15) is 5.10 Å². The molecule has 1 amide bonds. The number of benzene rings is 2. The van der Waals surface area contributed by atoms with Crippen LogP contribution < -0.4 is 25.2 Å². The molecule has 0 saturated carbocycles. The van der Waals surface area contributed by atoms with Crippen LogP contribution >= 0.6 is 0 Å². The van der Waals surface area contributed by atoms with Gasteiger partial charge in [-0.15, -0.1) is 0 Å². The van der Waals surface area contributed by atoms with Crippen molar-refractivity contribution in [1.29, 1.82) is 0 Å². The molecule has 0 spiro atoms. The fourth-order valence-electron chi connectivity index (χ4n) is 3.99. The molecule has 2 heterocycles. The second kappa shape index (κ2) is 12.1. The molecule has 0 aliphatic carbocycles. The van der Waals surface area contributed by atoms with Crippen LogP contribution in [0.2, 0.25) is 0 Å². The minimum atomic E-state index is -0.207. The summed E-state index contributed by atoms with van der Waals surface area (Å²) in [4.78, 5) is 25.1. The molecule has 0 radical (unpaired) electrons. The van der Waals surface area contributed by atoms with Crippen LogP contribution in [0, 0.1) is 0 Å². The van der Waals surface area contributed by atoms with Crippen LogP contribution in [0.15, 0.2) is 53.3 Å². The van der Waals surface area contributed by atoms with Crippen LogP contribution in [0.5, 0.6) is 17.2 Å². The molecule has 3 aromatic rings. The first-order chi connectivity index (χ1) is 17.2. The van der Waals surface area contributed by atoms with Crippen LogP contribution in [0.3, 0.4) is 0 Å². The van der Waals surface area contributed by atoms with Gasteiger partial charge in [-0.05, 0) is 56.5 Å². The number of nitrogens with zero attached hydrogens (tertiary/aromatic N) is 3. The summed E-state index contributed by atoms with van der Waals surface area (Å²) in [7, 11) is 0. The van der Waals surface area contributed by atoms with Gasteiger partial charge in [0, 0.05) is 31.6 Å². The normalized spacial score (nSPS) is 12.6. The molecule has 0 atom stereocenters. The smallest absolute Gasteiger partial charge is 0.345 e. The predicted molar refractivity (Wildman–Crippen MR) is 131 cm³/mol. The standard InChI is InChI=1S/C26H32N4O5/c1-2-33-23-19-20(12-13-22(23)35-18-17-34-21-9-4-3-5-10-21)25(31)27-14-8-16-30-26(32)29-15-7-6-11-24(29)28-30/h3-5,9-10,12-13,19H,2,6-8,11,14-18H2,1H3,(H,27,31). The molecule has 9 nitrogen and oxygen atoms in total. The SMILES string of the molecule is CCOc1cc(C(=O)NCCCn2nc3n(c2=O)CCCC3)ccc1OCCOc1ccccc1. The fourth-order valence-corrected chi connectivity index (χ4v) is 3.99. The van der Waals surface area contributed by atoms with Gasteiger partial charge in [-0.3, -0.25) is 9.36 Å². The number of aromatic nitrogens is 3. The van der Waals surface area contributed by atoms with Crippen LogP contribution in [-0.4, -0.2) is 46.6 Å². The van der Waals surface area contributed by atoms with E-state index in [9.17, 15) is 9.59 Å². The van der Waals surface area contributed by atoms with Gasteiger partial charge in [0.05, 0.1) is 6.61 Å². The molecular formula is C26H32N4O5. The Bertz CT molecular complexity index is 1170. The highest BCUT2D eigenvalue weighted by Crippen LogP contribution is 2.28. The molecule has 0 fully saturated rings. The Morgan fingerprint density at radius 1 is 1.03 bits per heavy atom. The number of carbonyl (C=O) groups excluding carboxylic acids is 1. The lowest BCUT2D eigenvalue weighted by Gasteiger charge is -2.14. The Morgan fingerprint density at radius 2 is 1.86 bits per heavy atom. The number of hydrogen-bond acceptors (Lipinski definition) is 6. The van der Waals surface area contributed by atoms with Crippen molar-refractivity contribution in [1.82, 2.24) is 19.7 Å². The van der Waals surface area contributed by atoms with E-state index >= 15 is 0 Å². The minimum Gasteiger partial charge on any atom is -0.490 e. The zero-order valence-corrected chi connectivity index (χ0v) is 20.1. The Morgan fingerprint density at radius 3 is 2.66 bits per heavy atom. The largest absolute Gasteiger partial charge is 0.490 e. The van der Waals surface area contributed by atoms with E-state index in [0.29, 0.717) is 56.4 Å². The van der Waals surface area contributed by atoms with Gasteiger partial charge < -0.3 is 19.5 Å². The number of ether oxygens (including phenoxy) is 3. The van der Waals surface area contributed by atoms with E-state index in [4.69, 9.17) is 14.2 Å². The molecule has 4 rings (SSSR count). The van der Waals surface area contributed by atoms with Crippen molar-refractivity contribution < 1.29 is 19.0 Å². The number of fused-ring (bicyclic) bond motifs is 1. The fraction of sp³-hybridized carbons (Fsp3) is 0.423. The summed E-state index contributed by atoms with van der Waals surface area (Å²) in [6, 6.07) is 14.7. The number of aryl methyl sites for hydroxylation is 2. The van der Waals surface area contributed by atoms with Crippen molar-refractivity contribution in [3.8, 4) is 17.2 Å². The first-order valence-corrected chi connectivity index (χ1v) is 12.2. The third kappa shape index (κ3) is 6.44. The molecular weight excluding hydrogens is 448 g/mol. The van der Waals surface area contributed by atoms with Gasteiger partial charge in [0.1, 0.15) is 24.8 Å². The maximum absolute atomic E-state index is 12.7. The number of amides is 1. The average Bonchev–Trinajstić information content (AvgIpc) is 3.21. The topological polar surface area (TPSA) is 96.6 Å². The highest BCUT2D eigenvalue weighted by atomic mass is 16.5. The molecule has 0 saturated heterocycles. The third-order valence-corrected chi connectivity index (χ3v) is 5.72. The molecule has 186 valence electrons. The lowest BCUT2D eigenvalue weighted by molar-refractivity contribution is 0.0952. The third-order valence-electron chi connectivity index (χ3n) is 5.72. The van der Waals surface area contributed by atoms with Crippen molar-refractivity contribution in [2.24, 2.45) is 0 Å². The van der Waals surface area contributed by atoms with Crippen molar-refractivity contribution in [2.75, 3.05) is 26.4 Å². The van der Waals surface area contributed by atoms with Gasteiger partial charge in [0.2, 0.25) is 0 Å². The molecule has 1 aliphatic heterocycles. The Kier molecular flexibility index (Phi) is 8.43. The van der Waals surface area contributed by atoms with Crippen molar-refractivity contribution in [3.63, 3.8) is 0 Å². The molecule has 9 heteroatoms. The van der Waals surface area contributed by atoms with Crippen molar-refractivity contribution >= 4 is 5.91 Å². The summed E-state index contributed by atoms with van der Waals surface area (Å²) in [5.74, 6) is 2.51. The van der Waals surface area contributed by atoms with Gasteiger partial charge >= 0.3 is 5.69 Å². The quantitative estimate of drug-likeness (QED) is 0.400. The van der Waals surface area contributed by atoms with Crippen LogP contribution in [0.25, 0.3) is 0 Å². The van der Waals surface area contributed by atoms with E-state index in [-0.39, 0.29) is 11.6 Å². The van der Waals surface area contributed by atoms with Crippen LogP contribution in [0.1, 0.15) is 42.4 Å². The first-order valence-electron chi connectivity index (χ1n) is 12.2. The van der Waals surface area contributed by atoms with Crippen LogP contribution in [-0.2, 0) is 19.5 Å². The van der Waals surface area contributed by atoms with Crippen LogP contribution in [0.4, 0.5) is 0 Å². The molecule has 0 bridgehead atoms. The molecule has 2 aromatic carbocycles. The van der Waals surface area contributed by atoms with E-state index in [0.717, 1.165) is 37.4 Å². The van der Waals surface area contributed by atoms with E-state index in [1.54, 1.807) is 22.8 Å². The van der Waals surface area contributed by atoms with Crippen molar-refractivity contribution in [2.45, 2.75) is 45.7 Å². The minimum absolute atomic E-state index is 0.0582. The van der Waals surface area contributed by atoms with E-state index in [1.807, 2.05) is 37.3 Å². The van der Waals surface area contributed by atoms with Gasteiger partial charge in [0.25, 0.3) is 5.91 Å². The summed E-state index contributed by atoms with van der Waals surface area (Å²) in [6.45, 7) is 4.72.